The molecule has 0 aliphatic heterocycles. The van der Waals surface area contributed by atoms with E-state index in [1.54, 1.807) is 24.3 Å². The summed E-state index contributed by atoms with van der Waals surface area (Å²) in [7, 11) is 0. The van der Waals surface area contributed by atoms with Crippen LogP contribution in [0.15, 0.2) is 47.6 Å². The number of nitrogens with two attached hydrogens (primary N) is 1. The van der Waals surface area contributed by atoms with Crippen LogP contribution < -0.4 is 5.73 Å². The Morgan fingerprint density at radius 3 is 2.83 bits per heavy atom. The first kappa shape index (κ1) is 16.2. The van der Waals surface area contributed by atoms with E-state index in [-0.39, 0.29) is 12.4 Å². The molecule has 24 heavy (non-hydrogen) atoms. The van der Waals surface area contributed by atoms with Crippen molar-refractivity contribution in [3.8, 4) is 0 Å². The van der Waals surface area contributed by atoms with Crippen molar-refractivity contribution in [2.24, 2.45) is 10.9 Å². The zero-order valence-electron chi connectivity index (χ0n) is 12.2. The molecule has 0 bridgehead atoms. The summed E-state index contributed by atoms with van der Waals surface area (Å²) >= 11 is 11.8. The van der Waals surface area contributed by atoms with Gasteiger partial charge in [0.2, 0.25) is 0 Å². The predicted molar refractivity (Wildman–Crippen MR) is 90.8 cm³/mol. The molecule has 0 saturated carbocycles. The van der Waals surface area contributed by atoms with Crippen molar-refractivity contribution in [2.75, 3.05) is 0 Å². The maximum absolute atomic E-state index is 11.9. The highest BCUT2D eigenvalue weighted by Gasteiger charge is 2.11. The Bertz CT molecular complexity index is 939. The maximum Gasteiger partial charge on any atom is 0.356 e. The van der Waals surface area contributed by atoms with Crippen molar-refractivity contribution in [1.29, 1.82) is 0 Å². The van der Waals surface area contributed by atoms with E-state index in [0.29, 0.717) is 26.6 Å². The van der Waals surface area contributed by atoms with E-state index in [2.05, 4.69) is 15.5 Å². The van der Waals surface area contributed by atoms with Crippen LogP contribution in [-0.4, -0.2) is 26.8 Å². The number of hydrogen-bond acceptors (Lipinski definition) is 5. The highest BCUT2D eigenvalue weighted by molar-refractivity contribution is 6.36. The second kappa shape index (κ2) is 6.86. The van der Waals surface area contributed by atoms with E-state index in [1.165, 1.54) is 10.7 Å². The molecule has 9 heteroatoms. The molecule has 3 aromatic rings. The van der Waals surface area contributed by atoms with Gasteiger partial charge in [0.25, 0.3) is 0 Å². The summed E-state index contributed by atoms with van der Waals surface area (Å²) in [6.45, 7) is -0.147. The van der Waals surface area contributed by atoms with Gasteiger partial charge in [0, 0.05) is 10.6 Å². The molecule has 122 valence electrons. The number of rotatable bonds is 4. The van der Waals surface area contributed by atoms with E-state index in [0.717, 1.165) is 0 Å². The number of carbonyl (C=O) groups is 1. The van der Waals surface area contributed by atoms with Crippen LogP contribution >= 0.6 is 23.2 Å². The van der Waals surface area contributed by atoms with Gasteiger partial charge in [-0.1, -0.05) is 45.7 Å². The van der Waals surface area contributed by atoms with E-state index < -0.39 is 5.97 Å². The fourth-order valence-corrected chi connectivity index (χ4v) is 2.54. The monoisotopic (exact) mass is 363 g/mol. The highest BCUT2D eigenvalue weighted by Crippen LogP contribution is 2.20. The smallest absolute Gasteiger partial charge is 0.356 e. The van der Waals surface area contributed by atoms with E-state index in [1.807, 2.05) is 12.1 Å². The number of amidine groups is 1. The number of halogens is 2. The van der Waals surface area contributed by atoms with Crippen molar-refractivity contribution >= 4 is 46.0 Å². The molecule has 2 aromatic carbocycles. The van der Waals surface area contributed by atoms with Crippen molar-refractivity contribution in [2.45, 2.75) is 6.54 Å². The molecule has 0 aliphatic rings. The van der Waals surface area contributed by atoms with Crippen LogP contribution in [0.1, 0.15) is 5.56 Å². The standard InChI is InChI=1S/C15H11Cl2N5O2/c16-9-5-6-10(11(17)7-9)15(18)20-24-14(23)8-22-13-4-2-1-3-12(13)19-21-22/h1-7H,8H2,(H2,18,20). The lowest BCUT2D eigenvalue weighted by atomic mass is 10.2. The lowest BCUT2D eigenvalue weighted by Gasteiger charge is -2.04. The molecule has 0 amide bonds. The third-order valence-electron chi connectivity index (χ3n) is 3.15. The molecule has 0 spiro atoms. The quantitative estimate of drug-likeness (QED) is 0.332. The zero-order chi connectivity index (χ0) is 17.1. The SMILES string of the molecule is N/C(=N\OC(=O)Cn1nnc2ccccc21)c1ccc(Cl)cc1Cl. The van der Waals surface area contributed by atoms with Gasteiger partial charge in [-0.15, -0.1) is 5.10 Å². The van der Waals surface area contributed by atoms with Crippen LogP contribution in [0.4, 0.5) is 0 Å². The van der Waals surface area contributed by atoms with Gasteiger partial charge in [0.1, 0.15) is 12.1 Å². The number of carbonyl (C=O) groups excluding carboxylic acids is 1. The lowest BCUT2D eigenvalue weighted by molar-refractivity contribution is -0.144. The molecule has 0 saturated heterocycles. The van der Waals surface area contributed by atoms with E-state index >= 15 is 0 Å². The number of aromatic nitrogens is 3. The minimum absolute atomic E-state index is 0.0338. The molecule has 2 N–H and O–H groups in total. The largest absolute Gasteiger partial charge is 0.380 e. The lowest BCUT2D eigenvalue weighted by Crippen LogP contribution is -2.18. The summed E-state index contributed by atoms with van der Waals surface area (Å²) in [6, 6.07) is 12.0. The Morgan fingerprint density at radius 2 is 2.04 bits per heavy atom. The summed E-state index contributed by atoms with van der Waals surface area (Å²) < 4.78 is 1.42. The third kappa shape index (κ3) is 3.47. The molecule has 3 rings (SSSR count). The summed E-state index contributed by atoms with van der Waals surface area (Å²) in [5.74, 6) is -0.674. The number of fused-ring (bicyclic) bond motifs is 1. The Kier molecular flexibility index (Phi) is 4.64. The highest BCUT2D eigenvalue weighted by atomic mass is 35.5. The first-order chi connectivity index (χ1) is 11.5. The molecule has 0 atom stereocenters. The van der Waals surface area contributed by atoms with Gasteiger partial charge in [-0.3, -0.25) is 0 Å². The van der Waals surface area contributed by atoms with Gasteiger partial charge < -0.3 is 10.6 Å². The molecule has 0 radical (unpaired) electrons. The molecule has 0 fully saturated rings. The second-order valence-corrected chi connectivity index (χ2v) is 5.64. The average Bonchev–Trinajstić information content (AvgIpc) is 2.96. The molecule has 1 aromatic heterocycles. The van der Waals surface area contributed by atoms with Gasteiger partial charge in [0.05, 0.1) is 10.5 Å². The summed E-state index contributed by atoms with van der Waals surface area (Å²) in [5, 5.41) is 12.2. The van der Waals surface area contributed by atoms with Gasteiger partial charge in [-0.2, -0.15) is 0 Å². The third-order valence-corrected chi connectivity index (χ3v) is 3.70. The van der Waals surface area contributed by atoms with Gasteiger partial charge >= 0.3 is 5.97 Å². The number of hydrogen-bond donors (Lipinski definition) is 1. The summed E-state index contributed by atoms with van der Waals surface area (Å²) in [4.78, 5) is 16.7. The fourth-order valence-electron chi connectivity index (χ4n) is 2.03. The van der Waals surface area contributed by atoms with Gasteiger partial charge in [0.15, 0.2) is 5.84 Å². The Balaban J connectivity index is 1.70. The fraction of sp³-hybridized carbons (Fsp3) is 0.0667. The maximum atomic E-state index is 11.9. The molecular weight excluding hydrogens is 353 g/mol. The average molecular weight is 364 g/mol. The molecular formula is C15H11Cl2N5O2. The van der Waals surface area contributed by atoms with Crippen LogP contribution in [0, 0.1) is 0 Å². The number of benzene rings is 2. The number of oxime groups is 1. The normalized spacial score (nSPS) is 11.7. The van der Waals surface area contributed by atoms with Crippen molar-refractivity contribution < 1.29 is 9.63 Å². The number of para-hydroxylation sites is 1. The summed E-state index contributed by atoms with van der Waals surface area (Å²) in [6.07, 6.45) is 0. The van der Waals surface area contributed by atoms with Crippen molar-refractivity contribution in [3.63, 3.8) is 0 Å². The molecule has 0 aliphatic carbocycles. The zero-order valence-corrected chi connectivity index (χ0v) is 13.7. The van der Waals surface area contributed by atoms with Crippen LogP contribution in [-0.2, 0) is 16.2 Å². The molecule has 0 unspecified atom stereocenters. The predicted octanol–water partition coefficient (Wildman–Crippen LogP) is 2.60. The van der Waals surface area contributed by atoms with Crippen LogP contribution in [0.3, 0.4) is 0 Å². The Morgan fingerprint density at radius 1 is 1.25 bits per heavy atom. The van der Waals surface area contributed by atoms with Crippen molar-refractivity contribution in [1.82, 2.24) is 15.0 Å². The summed E-state index contributed by atoms with van der Waals surface area (Å²) in [5.41, 5.74) is 7.58. The second-order valence-electron chi connectivity index (χ2n) is 4.80. The van der Waals surface area contributed by atoms with Crippen LogP contribution in [0.2, 0.25) is 10.0 Å². The Labute approximate surface area is 146 Å². The number of nitrogens with zero attached hydrogens (tertiary/aromatic N) is 4. The minimum Gasteiger partial charge on any atom is -0.380 e. The topological polar surface area (TPSA) is 95.4 Å². The Hall–Kier alpha value is -2.64. The minimum atomic E-state index is -0.640. The molecule has 7 nitrogen and oxygen atoms in total. The van der Waals surface area contributed by atoms with Crippen LogP contribution in [0.25, 0.3) is 11.0 Å². The van der Waals surface area contributed by atoms with Crippen molar-refractivity contribution in [3.05, 3.63) is 58.1 Å². The van der Waals surface area contributed by atoms with E-state index in [4.69, 9.17) is 33.8 Å². The first-order valence-corrected chi connectivity index (χ1v) is 7.57. The van der Waals surface area contributed by atoms with Gasteiger partial charge in [-0.25, -0.2) is 9.48 Å². The van der Waals surface area contributed by atoms with E-state index in [9.17, 15) is 4.79 Å². The van der Waals surface area contributed by atoms with Gasteiger partial charge in [-0.05, 0) is 30.3 Å². The first-order valence-electron chi connectivity index (χ1n) is 6.81. The van der Waals surface area contributed by atoms with Crippen LogP contribution in [0.5, 0.6) is 0 Å². The molecule has 1 heterocycles.